The molecular weight excluding hydrogens is 300 g/mol. The first-order valence-corrected chi connectivity index (χ1v) is 7.87. The third-order valence-electron chi connectivity index (χ3n) is 3.67. The van der Waals surface area contributed by atoms with E-state index >= 15 is 0 Å². The van der Waals surface area contributed by atoms with Gasteiger partial charge in [0.05, 0.1) is 0 Å². The van der Waals surface area contributed by atoms with Crippen LogP contribution in [0.25, 0.3) is 0 Å². The van der Waals surface area contributed by atoms with Crippen LogP contribution >= 0.6 is 11.3 Å². The van der Waals surface area contributed by atoms with E-state index in [2.05, 4.69) is 9.88 Å². The highest BCUT2D eigenvalue weighted by Crippen LogP contribution is 2.19. The van der Waals surface area contributed by atoms with Crippen LogP contribution in [0.15, 0.2) is 35.8 Å². The van der Waals surface area contributed by atoms with Gasteiger partial charge in [-0.05, 0) is 24.3 Å². The first kappa shape index (κ1) is 14.5. The number of nitrogens with zero attached hydrogens (tertiary/aromatic N) is 3. The molecule has 1 aromatic carbocycles. The summed E-state index contributed by atoms with van der Waals surface area (Å²) < 4.78 is 0. The normalized spacial score (nSPS) is 14.9. The Bertz CT molecular complexity index is 661. The van der Waals surface area contributed by atoms with E-state index in [4.69, 9.17) is 5.73 Å². The molecule has 0 atom stereocenters. The number of anilines is 1. The van der Waals surface area contributed by atoms with Gasteiger partial charge in [0.2, 0.25) is 5.91 Å². The maximum absolute atomic E-state index is 12.5. The summed E-state index contributed by atoms with van der Waals surface area (Å²) in [6.07, 6.45) is 1.79. The molecule has 1 fully saturated rings. The summed E-state index contributed by atoms with van der Waals surface area (Å²) in [6.45, 7) is 2.88. The number of benzene rings is 1. The van der Waals surface area contributed by atoms with Crippen LogP contribution in [0, 0.1) is 0 Å². The van der Waals surface area contributed by atoms with Crippen molar-refractivity contribution < 1.29 is 9.59 Å². The SMILES string of the molecule is NC(=O)c1ccc(C(=O)N2CCN(c3nccs3)CC2)cc1. The van der Waals surface area contributed by atoms with Gasteiger partial charge in [-0.15, -0.1) is 11.3 Å². The zero-order chi connectivity index (χ0) is 15.5. The van der Waals surface area contributed by atoms with E-state index in [9.17, 15) is 9.59 Å². The van der Waals surface area contributed by atoms with Crippen molar-refractivity contribution in [2.24, 2.45) is 5.73 Å². The molecule has 7 heteroatoms. The van der Waals surface area contributed by atoms with E-state index in [1.54, 1.807) is 41.8 Å². The van der Waals surface area contributed by atoms with Gasteiger partial charge in [0.15, 0.2) is 5.13 Å². The highest BCUT2D eigenvalue weighted by molar-refractivity contribution is 7.13. The standard InChI is InChI=1S/C15H16N4O2S/c16-13(20)11-1-3-12(4-2-11)14(21)18-6-8-19(9-7-18)15-17-5-10-22-15/h1-5,10H,6-9H2,(H2,16,20). The Morgan fingerprint density at radius 2 is 1.68 bits per heavy atom. The fourth-order valence-electron chi connectivity index (χ4n) is 2.43. The molecule has 0 radical (unpaired) electrons. The minimum absolute atomic E-state index is 0.0187. The van der Waals surface area contributed by atoms with E-state index in [1.807, 2.05) is 10.3 Å². The molecular formula is C15H16N4O2S. The van der Waals surface area contributed by atoms with Crippen LogP contribution in [0.2, 0.25) is 0 Å². The molecule has 114 valence electrons. The second kappa shape index (κ2) is 6.15. The molecule has 0 saturated carbocycles. The van der Waals surface area contributed by atoms with Crippen LogP contribution in [0.5, 0.6) is 0 Å². The number of amides is 2. The molecule has 1 aliphatic heterocycles. The number of hydrogen-bond acceptors (Lipinski definition) is 5. The van der Waals surface area contributed by atoms with Gasteiger partial charge in [0.25, 0.3) is 5.91 Å². The minimum atomic E-state index is -0.490. The molecule has 2 N–H and O–H groups in total. The summed E-state index contributed by atoms with van der Waals surface area (Å²) in [5, 5.41) is 2.95. The molecule has 0 aliphatic carbocycles. The third-order valence-corrected chi connectivity index (χ3v) is 4.51. The molecule has 1 aromatic heterocycles. The van der Waals surface area contributed by atoms with E-state index in [-0.39, 0.29) is 5.91 Å². The quantitative estimate of drug-likeness (QED) is 0.923. The van der Waals surface area contributed by atoms with Crippen molar-refractivity contribution in [1.82, 2.24) is 9.88 Å². The molecule has 2 heterocycles. The maximum Gasteiger partial charge on any atom is 0.253 e. The van der Waals surface area contributed by atoms with Gasteiger partial charge in [-0.2, -0.15) is 0 Å². The number of primary amides is 1. The van der Waals surface area contributed by atoms with E-state index in [0.717, 1.165) is 18.2 Å². The van der Waals surface area contributed by atoms with Crippen LogP contribution in [-0.2, 0) is 0 Å². The molecule has 0 bridgehead atoms. The van der Waals surface area contributed by atoms with Crippen molar-refractivity contribution >= 4 is 28.3 Å². The predicted molar refractivity (Wildman–Crippen MR) is 85.2 cm³/mol. The van der Waals surface area contributed by atoms with Gasteiger partial charge in [0.1, 0.15) is 0 Å². The molecule has 2 amide bonds. The average Bonchev–Trinajstić information content (AvgIpc) is 3.09. The van der Waals surface area contributed by atoms with Crippen molar-refractivity contribution in [2.45, 2.75) is 0 Å². The summed E-state index contributed by atoms with van der Waals surface area (Å²) in [5.74, 6) is -0.508. The molecule has 0 spiro atoms. The Balaban J connectivity index is 1.63. The molecule has 2 aromatic rings. The summed E-state index contributed by atoms with van der Waals surface area (Å²) >= 11 is 1.61. The average molecular weight is 316 g/mol. The highest BCUT2D eigenvalue weighted by atomic mass is 32.1. The maximum atomic E-state index is 12.5. The van der Waals surface area contributed by atoms with E-state index in [0.29, 0.717) is 24.2 Å². The number of hydrogen-bond donors (Lipinski definition) is 1. The lowest BCUT2D eigenvalue weighted by Crippen LogP contribution is -2.48. The number of carbonyl (C=O) groups is 2. The summed E-state index contributed by atoms with van der Waals surface area (Å²) in [7, 11) is 0. The van der Waals surface area contributed by atoms with Crippen molar-refractivity contribution in [1.29, 1.82) is 0 Å². The smallest absolute Gasteiger partial charge is 0.253 e. The number of rotatable bonds is 3. The first-order chi connectivity index (χ1) is 10.6. The fraction of sp³-hybridized carbons (Fsp3) is 0.267. The Labute approximate surface area is 132 Å². The first-order valence-electron chi connectivity index (χ1n) is 6.99. The van der Waals surface area contributed by atoms with Crippen molar-refractivity contribution in [3.63, 3.8) is 0 Å². The van der Waals surface area contributed by atoms with Crippen LogP contribution in [0.4, 0.5) is 5.13 Å². The Morgan fingerprint density at radius 3 is 2.23 bits per heavy atom. The lowest BCUT2D eigenvalue weighted by molar-refractivity contribution is 0.0746. The molecule has 1 aliphatic rings. The Morgan fingerprint density at radius 1 is 1.05 bits per heavy atom. The van der Waals surface area contributed by atoms with Crippen LogP contribution in [0.3, 0.4) is 0 Å². The Hall–Kier alpha value is -2.41. The number of nitrogens with two attached hydrogens (primary N) is 1. The van der Waals surface area contributed by atoms with Gasteiger partial charge in [-0.1, -0.05) is 0 Å². The van der Waals surface area contributed by atoms with Crippen LogP contribution in [0.1, 0.15) is 20.7 Å². The van der Waals surface area contributed by atoms with Crippen LogP contribution in [-0.4, -0.2) is 47.9 Å². The Kier molecular flexibility index (Phi) is 4.06. The summed E-state index contributed by atoms with van der Waals surface area (Å²) in [5.41, 5.74) is 6.18. The summed E-state index contributed by atoms with van der Waals surface area (Å²) in [4.78, 5) is 31.8. The summed E-state index contributed by atoms with van der Waals surface area (Å²) in [6, 6.07) is 6.47. The van der Waals surface area contributed by atoms with Gasteiger partial charge in [-0.3, -0.25) is 9.59 Å². The van der Waals surface area contributed by atoms with Crippen molar-refractivity contribution in [2.75, 3.05) is 31.1 Å². The second-order valence-electron chi connectivity index (χ2n) is 5.04. The number of thiazole rings is 1. The predicted octanol–water partition coefficient (Wildman–Crippen LogP) is 1.20. The fourth-order valence-corrected chi connectivity index (χ4v) is 3.13. The molecule has 3 rings (SSSR count). The van der Waals surface area contributed by atoms with E-state index < -0.39 is 5.91 Å². The van der Waals surface area contributed by atoms with Crippen molar-refractivity contribution in [3.05, 3.63) is 47.0 Å². The van der Waals surface area contributed by atoms with Crippen molar-refractivity contribution in [3.8, 4) is 0 Å². The molecule has 6 nitrogen and oxygen atoms in total. The minimum Gasteiger partial charge on any atom is -0.366 e. The number of piperazine rings is 1. The highest BCUT2D eigenvalue weighted by Gasteiger charge is 2.23. The number of aromatic nitrogens is 1. The molecule has 0 unspecified atom stereocenters. The lowest BCUT2D eigenvalue weighted by Gasteiger charge is -2.34. The monoisotopic (exact) mass is 316 g/mol. The van der Waals surface area contributed by atoms with Gasteiger partial charge < -0.3 is 15.5 Å². The third kappa shape index (κ3) is 2.94. The zero-order valence-electron chi connectivity index (χ0n) is 11.9. The molecule has 1 saturated heterocycles. The lowest BCUT2D eigenvalue weighted by atomic mass is 10.1. The largest absolute Gasteiger partial charge is 0.366 e. The van der Waals surface area contributed by atoms with Gasteiger partial charge in [-0.25, -0.2) is 4.98 Å². The number of carbonyl (C=O) groups excluding carboxylic acids is 2. The van der Waals surface area contributed by atoms with Gasteiger partial charge in [0, 0.05) is 48.9 Å². The van der Waals surface area contributed by atoms with Crippen LogP contribution < -0.4 is 10.6 Å². The second-order valence-corrected chi connectivity index (χ2v) is 5.91. The topological polar surface area (TPSA) is 79.5 Å². The van der Waals surface area contributed by atoms with E-state index in [1.165, 1.54) is 0 Å². The zero-order valence-corrected chi connectivity index (χ0v) is 12.8. The molecule has 22 heavy (non-hydrogen) atoms. The van der Waals surface area contributed by atoms with Gasteiger partial charge >= 0.3 is 0 Å².